The first-order valence-corrected chi connectivity index (χ1v) is 16.6. The Bertz CT molecular complexity index is 2060. The molecule has 0 saturated carbocycles. The molecule has 0 spiro atoms. The second-order valence-corrected chi connectivity index (χ2v) is 13.2. The molecule has 2 fully saturated rings. The molecule has 0 bridgehead atoms. The van der Waals surface area contributed by atoms with Gasteiger partial charge in [0.05, 0.1) is 61.0 Å². The number of carbonyl (C=O) groups excluding carboxylic acids is 4. The van der Waals surface area contributed by atoms with Crippen molar-refractivity contribution in [3.05, 3.63) is 104 Å². The molecule has 2 saturated heterocycles. The standard InChI is InChI=1S/C21H21NO8.C16H17NO5.Na/c1-10(24)17-15-7-14(13-5-3-4-12(6-13)8-23)18(22(15)19(17)25)20(26)28-9-16-11(2)29-21(27)30-16;1-8(19)13-12-6-11(10-4-2-3-9(5-10)7-18)14(16(21)22)17(12)15(13)20;/h3-6,10,15,17,23-24H,7-9H2,1-2H3;2-5,8,12-13,18-19H,6-7H2,1H3,(H,21,22);/q;;+1/p-1/t10-,15-,17-;8-,12-,13-;/m11./s1. The summed E-state index contributed by atoms with van der Waals surface area (Å²) in [5.41, 5.74) is 3.75. The number of benzene rings is 2. The number of aliphatic hydroxyl groups excluding tert-OH is 4. The summed E-state index contributed by atoms with van der Waals surface area (Å²) in [6.07, 6.45) is -0.929. The summed E-state index contributed by atoms with van der Waals surface area (Å²) in [5, 5.41) is 49.8. The van der Waals surface area contributed by atoms with Crippen LogP contribution in [0.25, 0.3) is 11.1 Å². The molecule has 4 N–H and O–H groups in total. The van der Waals surface area contributed by atoms with Crippen molar-refractivity contribution < 1.29 is 87.8 Å². The van der Waals surface area contributed by atoms with E-state index in [2.05, 4.69) is 0 Å². The van der Waals surface area contributed by atoms with Gasteiger partial charge in [0.1, 0.15) is 5.70 Å². The number of hydrogen-bond acceptors (Lipinski definition) is 13. The van der Waals surface area contributed by atoms with Crippen LogP contribution in [0.3, 0.4) is 0 Å². The van der Waals surface area contributed by atoms with E-state index in [1.165, 1.54) is 23.6 Å². The van der Waals surface area contributed by atoms with Crippen molar-refractivity contribution in [3.8, 4) is 0 Å². The molecule has 0 aliphatic carbocycles. The summed E-state index contributed by atoms with van der Waals surface area (Å²) < 4.78 is 14.9. The first-order chi connectivity index (χ1) is 24.8. The van der Waals surface area contributed by atoms with Crippen LogP contribution in [0.4, 0.5) is 0 Å². The van der Waals surface area contributed by atoms with E-state index < -0.39 is 41.8 Å². The second-order valence-electron chi connectivity index (χ2n) is 13.2. The number of ether oxygens (including phenoxy) is 1. The molecule has 2 amide bonds. The van der Waals surface area contributed by atoms with Crippen LogP contribution in [0.1, 0.15) is 60.5 Å². The molecular weight excluding hydrogens is 703 g/mol. The molecular formula is C37H37N2NaO13. The van der Waals surface area contributed by atoms with E-state index in [0.29, 0.717) is 46.2 Å². The number of nitrogens with zero attached hydrogens (tertiary/aromatic N) is 2. The molecule has 274 valence electrons. The topological polar surface area (TPSA) is 231 Å². The van der Waals surface area contributed by atoms with E-state index in [9.17, 15) is 49.5 Å². The van der Waals surface area contributed by atoms with Crippen molar-refractivity contribution in [1.29, 1.82) is 0 Å². The molecule has 0 radical (unpaired) electrons. The Morgan fingerprint density at radius 2 is 1.30 bits per heavy atom. The number of aliphatic carboxylic acids is 1. The van der Waals surface area contributed by atoms with Gasteiger partial charge in [0, 0.05) is 0 Å². The van der Waals surface area contributed by atoms with Gasteiger partial charge in [0.25, 0.3) is 0 Å². The summed E-state index contributed by atoms with van der Waals surface area (Å²) in [6, 6.07) is 13.3. The number of rotatable bonds is 10. The maximum atomic E-state index is 13.0. The van der Waals surface area contributed by atoms with Crippen LogP contribution in [0.2, 0.25) is 0 Å². The van der Waals surface area contributed by atoms with E-state index in [-0.39, 0.29) is 96.2 Å². The van der Waals surface area contributed by atoms with Crippen molar-refractivity contribution in [3.63, 3.8) is 0 Å². The van der Waals surface area contributed by atoms with Gasteiger partial charge in [-0.25, -0.2) is 9.59 Å². The first-order valence-electron chi connectivity index (χ1n) is 16.6. The third kappa shape index (κ3) is 7.30. The van der Waals surface area contributed by atoms with Crippen molar-refractivity contribution >= 4 is 34.9 Å². The number of carboxylic acid groups (broad SMARTS) is 1. The Balaban J connectivity index is 0.000000210. The maximum absolute atomic E-state index is 13.0. The number of aliphatic hydroxyl groups is 4. The number of carbonyl (C=O) groups is 4. The zero-order valence-corrected chi connectivity index (χ0v) is 31.5. The number of fused-ring (bicyclic) bond motifs is 2. The molecule has 6 atom stereocenters. The van der Waals surface area contributed by atoms with Crippen molar-refractivity contribution in [2.75, 3.05) is 0 Å². The van der Waals surface area contributed by atoms with Crippen LogP contribution in [-0.4, -0.2) is 78.3 Å². The molecule has 5 heterocycles. The number of amides is 2. The SMILES string of the molecule is C[C@@H](O)[C@H]1C(=O)N2C(C(=O)[O-])=C(c3cccc(CO)c3)C[C@H]12.Cc1oc(=O)oc1COC(=O)C1=C(c2cccc(CO)c2)C[C@@H]2[C@@H]([C@@H](C)O)C(=O)N12.[Na+]. The van der Waals surface area contributed by atoms with Gasteiger partial charge in [-0.2, -0.15) is 0 Å². The fraction of sp³-hybridized carbons (Fsp3) is 0.378. The molecule has 53 heavy (non-hydrogen) atoms. The van der Waals surface area contributed by atoms with Crippen LogP contribution in [-0.2, 0) is 43.7 Å². The third-order valence-corrected chi connectivity index (χ3v) is 9.93. The average molecular weight is 741 g/mol. The summed E-state index contributed by atoms with van der Waals surface area (Å²) in [4.78, 5) is 62.9. The van der Waals surface area contributed by atoms with Crippen molar-refractivity contribution in [2.45, 2.75) is 77.7 Å². The molecule has 16 heteroatoms. The van der Waals surface area contributed by atoms with Gasteiger partial charge >= 0.3 is 41.3 Å². The Labute approximate surface area is 325 Å². The van der Waals surface area contributed by atoms with Crippen molar-refractivity contribution in [2.24, 2.45) is 11.8 Å². The fourth-order valence-electron chi connectivity index (χ4n) is 7.45. The number of carboxylic acids is 1. The molecule has 4 aliphatic heterocycles. The molecule has 7 rings (SSSR count). The summed E-state index contributed by atoms with van der Waals surface area (Å²) in [5.74, 6) is -4.65. The predicted octanol–water partition coefficient (Wildman–Crippen LogP) is -2.65. The molecule has 4 aliphatic rings. The molecule has 0 unspecified atom stereocenters. The normalized spacial score (nSPS) is 22.5. The van der Waals surface area contributed by atoms with Gasteiger partial charge in [0.2, 0.25) is 11.8 Å². The number of aryl methyl sites for hydroxylation is 1. The number of hydrogen-bond donors (Lipinski definition) is 4. The fourth-order valence-corrected chi connectivity index (χ4v) is 7.45. The zero-order valence-electron chi connectivity index (χ0n) is 29.5. The van der Waals surface area contributed by atoms with Gasteiger partial charge in [-0.05, 0) is 79.1 Å². The van der Waals surface area contributed by atoms with Crippen LogP contribution in [0.15, 0.2) is 73.6 Å². The van der Waals surface area contributed by atoms with Crippen LogP contribution < -0.4 is 40.5 Å². The first kappa shape index (κ1) is 39.8. The minimum absolute atomic E-state index is 0. The van der Waals surface area contributed by atoms with Crippen LogP contribution in [0.5, 0.6) is 0 Å². The van der Waals surface area contributed by atoms with E-state index in [4.69, 9.17) is 13.6 Å². The largest absolute Gasteiger partial charge is 1.00 e. The van der Waals surface area contributed by atoms with Gasteiger partial charge < -0.3 is 53.7 Å². The number of esters is 1. The van der Waals surface area contributed by atoms with E-state index in [1.807, 2.05) is 0 Å². The summed E-state index contributed by atoms with van der Waals surface area (Å²) in [6.45, 7) is 3.95. The predicted molar refractivity (Wildman–Crippen MR) is 176 cm³/mol. The quantitative estimate of drug-likeness (QED) is 0.0947. The Hall–Kier alpha value is -4.35. The van der Waals surface area contributed by atoms with Gasteiger partial charge in [0.15, 0.2) is 18.1 Å². The molecule has 1 aromatic heterocycles. The van der Waals surface area contributed by atoms with Crippen LogP contribution >= 0.6 is 0 Å². The summed E-state index contributed by atoms with van der Waals surface area (Å²) in [7, 11) is 0. The molecule has 2 aromatic carbocycles. The van der Waals surface area contributed by atoms with Crippen molar-refractivity contribution in [1.82, 2.24) is 9.80 Å². The number of β-lactam (4-membered cyclic amide) rings is 2. The van der Waals surface area contributed by atoms with Gasteiger partial charge in [-0.15, -0.1) is 0 Å². The second kappa shape index (κ2) is 15.9. The monoisotopic (exact) mass is 740 g/mol. The van der Waals surface area contributed by atoms with E-state index in [0.717, 1.165) is 0 Å². The zero-order chi connectivity index (χ0) is 37.6. The van der Waals surface area contributed by atoms with E-state index >= 15 is 0 Å². The Morgan fingerprint density at radius 3 is 1.72 bits per heavy atom. The van der Waals surface area contributed by atoms with E-state index in [1.54, 1.807) is 55.5 Å². The maximum Gasteiger partial charge on any atom is 1.00 e. The molecule has 15 nitrogen and oxygen atoms in total. The van der Waals surface area contributed by atoms with Gasteiger partial charge in [-0.3, -0.25) is 9.59 Å². The Kier molecular flexibility index (Phi) is 12.0. The minimum Gasteiger partial charge on any atom is -0.543 e. The summed E-state index contributed by atoms with van der Waals surface area (Å²) >= 11 is 0. The smallest absolute Gasteiger partial charge is 0.543 e. The average Bonchev–Trinajstić information content (AvgIpc) is 3.75. The molecule has 3 aromatic rings. The Morgan fingerprint density at radius 1 is 0.830 bits per heavy atom. The van der Waals surface area contributed by atoms with Gasteiger partial charge in [-0.1, -0.05) is 36.4 Å². The van der Waals surface area contributed by atoms with Crippen LogP contribution in [0, 0.1) is 18.8 Å². The minimum atomic E-state index is -1.40. The third-order valence-electron chi connectivity index (χ3n) is 9.93.